The third kappa shape index (κ3) is 3.51. The van der Waals surface area contributed by atoms with Crippen molar-refractivity contribution in [2.45, 2.75) is 18.9 Å². The number of nitro groups is 1. The van der Waals surface area contributed by atoms with Crippen molar-refractivity contribution in [1.82, 2.24) is 10.6 Å². The molecule has 0 aliphatic heterocycles. The zero-order chi connectivity index (χ0) is 13.8. The van der Waals surface area contributed by atoms with Crippen molar-refractivity contribution in [2.75, 3.05) is 6.54 Å². The molecule has 0 aromatic heterocycles. The summed E-state index contributed by atoms with van der Waals surface area (Å²) in [7, 11) is 0. The average Bonchev–Trinajstić information content (AvgIpc) is 3.19. The van der Waals surface area contributed by atoms with Crippen LogP contribution in [-0.2, 0) is 4.79 Å². The molecule has 1 aliphatic carbocycles. The number of hydrogen-bond donors (Lipinski definition) is 2. The molecule has 7 heteroatoms. The van der Waals surface area contributed by atoms with E-state index in [-0.39, 0.29) is 29.7 Å². The summed E-state index contributed by atoms with van der Waals surface area (Å²) in [6.45, 7) is -0.179. The van der Waals surface area contributed by atoms with Crippen LogP contribution in [0.25, 0.3) is 0 Å². The Morgan fingerprint density at radius 1 is 1.32 bits per heavy atom. The molecule has 7 nitrogen and oxygen atoms in total. The number of carbonyl (C=O) groups excluding carboxylic acids is 2. The molecule has 0 heterocycles. The van der Waals surface area contributed by atoms with Gasteiger partial charge in [0.05, 0.1) is 11.5 Å². The fourth-order valence-electron chi connectivity index (χ4n) is 1.59. The Morgan fingerprint density at radius 2 is 2.00 bits per heavy atom. The lowest BCUT2D eigenvalue weighted by Crippen LogP contribution is -2.38. The van der Waals surface area contributed by atoms with Gasteiger partial charge < -0.3 is 10.6 Å². The largest absolute Gasteiger partial charge is 0.352 e. The van der Waals surface area contributed by atoms with Crippen LogP contribution in [-0.4, -0.2) is 29.3 Å². The first-order valence-corrected chi connectivity index (χ1v) is 5.89. The van der Waals surface area contributed by atoms with E-state index in [0.717, 1.165) is 12.8 Å². The highest BCUT2D eigenvalue weighted by molar-refractivity contribution is 5.99. The van der Waals surface area contributed by atoms with Crippen LogP contribution in [0.4, 0.5) is 5.69 Å². The van der Waals surface area contributed by atoms with Crippen molar-refractivity contribution in [3.63, 3.8) is 0 Å². The van der Waals surface area contributed by atoms with Gasteiger partial charge in [0.15, 0.2) is 0 Å². The van der Waals surface area contributed by atoms with Crippen LogP contribution in [0.1, 0.15) is 23.2 Å². The summed E-state index contributed by atoms with van der Waals surface area (Å²) in [6, 6.07) is 5.84. The number of para-hydroxylation sites is 1. The fourth-order valence-corrected chi connectivity index (χ4v) is 1.59. The average molecular weight is 263 g/mol. The molecule has 2 N–H and O–H groups in total. The molecule has 1 fully saturated rings. The van der Waals surface area contributed by atoms with E-state index < -0.39 is 10.8 Å². The van der Waals surface area contributed by atoms with Gasteiger partial charge in [0.2, 0.25) is 5.91 Å². The number of amides is 2. The molecule has 0 radical (unpaired) electrons. The van der Waals surface area contributed by atoms with Gasteiger partial charge in [-0.2, -0.15) is 0 Å². The lowest BCUT2D eigenvalue weighted by atomic mass is 10.1. The highest BCUT2D eigenvalue weighted by atomic mass is 16.6. The summed E-state index contributed by atoms with van der Waals surface area (Å²) in [4.78, 5) is 33.3. The quantitative estimate of drug-likeness (QED) is 0.600. The molecule has 0 atom stereocenters. The smallest absolute Gasteiger partial charge is 0.282 e. The standard InChI is InChI=1S/C12H13N3O4/c16-11(14-8-5-6-8)7-13-12(17)9-3-1-2-4-10(9)15(18)19/h1-4,8H,5-7H2,(H,13,17)(H,14,16). The van der Waals surface area contributed by atoms with Crippen LogP contribution >= 0.6 is 0 Å². The van der Waals surface area contributed by atoms with Gasteiger partial charge in [-0.05, 0) is 18.9 Å². The first kappa shape index (κ1) is 13.0. The monoisotopic (exact) mass is 263 g/mol. The third-order valence-corrected chi connectivity index (χ3v) is 2.70. The number of rotatable bonds is 5. The van der Waals surface area contributed by atoms with Gasteiger partial charge in [-0.1, -0.05) is 12.1 Å². The van der Waals surface area contributed by atoms with Gasteiger partial charge in [-0.25, -0.2) is 0 Å². The first-order valence-electron chi connectivity index (χ1n) is 5.89. The summed E-state index contributed by atoms with van der Waals surface area (Å²) >= 11 is 0. The number of nitro benzene ring substituents is 1. The Kier molecular flexibility index (Phi) is 3.74. The Hall–Kier alpha value is -2.44. The van der Waals surface area contributed by atoms with E-state index in [2.05, 4.69) is 10.6 Å². The predicted molar refractivity (Wildman–Crippen MR) is 66.6 cm³/mol. The Bertz CT molecular complexity index is 525. The van der Waals surface area contributed by atoms with Gasteiger partial charge in [0, 0.05) is 12.1 Å². The summed E-state index contributed by atoms with van der Waals surface area (Å²) in [5, 5.41) is 15.8. The van der Waals surface area contributed by atoms with Crippen molar-refractivity contribution in [2.24, 2.45) is 0 Å². The van der Waals surface area contributed by atoms with E-state index in [0.29, 0.717) is 0 Å². The molecule has 2 rings (SSSR count). The van der Waals surface area contributed by atoms with Crippen LogP contribution < -0.4 is 10.6 Å². The molecule has 1 aliphatic rings. The van der Waals surface area contributed by atoms with Crippen LogP contribution in [0, 0.1) is 10.1 Å². The SMILES string of the molecule is O=C(CNC(=O)c1ccccc1[N+](=O)[O-])NC1CC1. The zero-order valence-corrected chi connectivity index (χ0v) is 10.1. The zero-order valence-electron chi connectivity index (χ0n) is 10.1. The molecule has 0 unspecified atom stereocenters. The third-order valence-electron chi connectivity index (χ3n) is 2.70. The molecule has 100 valence electrons. The van der Waals surface area contributed by atoms with Gasteiger partial charge in [-0.3, -0.25) is 19.7 Å². The van der Waals surface area contributed by atoms with Crippen molar-refractivity contribution in [3.8, 4) is 0 Å². The molecule has 0 saturated heterocycles. The highest BCUT2D eigenvalue weighted by Gasteiger charge is 2.24. The topological polar surface area (TPSA) is 101 Å². The maximum atomic E-state index is 11.8. The number of hydrogen-bond acceptors (Lipinski definition) is 4. The van der Waals surface area contributed by atoms with Crippen LogP contribution in [0.15, 0.2) is 24.3 Å². The molecule has 19 heavy (non-hydrogen) atoms. The summed E-state index contributed by atoms with van der Waals surface area (Å²) in [5.74, 6) is -0.910. The van der Waals surface area contributed by atoms with Gasteiger partial charge in [0.1, 0.15) is 5.56 Å². The maximum absolute atomic E-state index is 11.8. The molecule has 0 bridgehead atoms. The van der Waals surface area contributed by atoms with E-state index in [1.807, 2.05) is 0 Å². The van der Waals surface area contributed by atoms with Gasteiger partial charge in [0.25, 0.3) is 11.6 Å². The minimum absolute atomic E-state index is 0.0493. The second-order valence-electron chi connectivity index (χ2n) is 4.30. The Morgan fingerprint density at radius 3 is 2.63 bits per heavy atom. The summed E-state index contributed by atoms with van der Waals surface area (Å²) in [5.41, 5.74) is -0.325. The van der Waals surface area contributed by atoms with E-state index in [1.165, 1.54) is 24.3 Å². The second-order valence-corrected chi connectivity index (χ2v) is 4.30. The van der Waals surface area contributed by atoms with E-state index >= 15 is 0 Å². The minimum Gasteiger partial charge on any atom is -0.352 e. The number of benzene rings is 1. The predicted octanol–water partition coefficient (Wildman–Crippen LogP) is 0.603. The van der Waals surface area contributed by atoms with E-state index in [4.69, 9.17) is 0 Å². The highest BCUT2D eigenvalue weighted by Crippen LogP contribution is 2.18. The number of nitrogens with one attached hydrogen (secondary N) is 2. The minimum atomic E-state index is -0.627. The Labute approximate surface area is 109 Å². The first-order chi connectivity index (χ1) is 9.08. The van der Waals surface area contributed by atoms with E-state index in [9.17, 15) is 19.7 Å². The number of carbonyl (C=O) groups is 2. The number of nitrogens with zero attached hydrogens (tertiary/aromatic N) is 1. The summed E-state index contributed by atoms with van der Waals surface area (Å²) in [6.07, 6.45) is 1.92. The normalized spacial score (nSPS) is 13.7. The van der Waals surface area contributed by atoms with Crippen molar-refractivity contribution < 1.29 is 14.5 Å². The van der Waals surface area contributed by atoms with Crippen LogP contribution in [0.2, 0.25) is 0 Å². The molecular formula is C12H13N3O4. The second kappa shape index (κ2) is 5.47. The summed E-state index contributed by atoms with van der Waals surface area (Å²) < 4.78 is 0. The molecule has 0 spiro atoms. The van der Waals surface area contributed by atoms with Crippen LogP contribution in [0.3, 0.4) is 0 Å². The lowest BCUT2D eigenvalue weighted by molar-refractivity contribution is -0.385. The van der Waals surface area contributed by atoms with Crippen molar-refractivity contribution >= 4 is 17.5 Å². The molecule has 1 saturated carbocycles. The van der Waals surface area contributed by atoms with Gasteiger partial charge in [-0.15, -0.1) is 0 Å². The maximum Gasteiger partial charge on any atom is 0.282 e. The molecule has 1 aromatic rings. The van der Waals surface area contributed by atoms with Crippen LogP contribution in [0.5, 0.6) is 0 Å². The lowest BCUT2D eigenvalue weighted by Gasteiger charge is -2.06. The molecule has 2 amide bonds. The fraction of sp³-hybridized carbons (Fsp3) is 0.333. The Balaban J connectivity index is 1.95. The van der Waals surface area contributed by atoms with Crippen molar-refractivity contribution in [3.05, 3.63) is 39.9 Å². The molecule has 1 aromatic carbocycles. The van der Waals surface area contributed by atoms with Gasteiger partial charge >= 0.3 is 0 Å². The van der Waals surface area contributed by atoms with Crippen molar-refractivity contribution in [1.29, 1.82) is 0 Å². The molecular weight excluding hydrogens is 250 g/mol. The van der Waals surface area contributed by atoms with E-state index in [1.54, 1.807) is 0 Å².